The van der Waals surface area contributed by atoms with Crippen molar-refractivity contribution < 1.29 is 0 Å². The van der Waals surface area contributed by atoms with Crippen LogP contribution in [0.5, 0.6) is 0 Å². The molecule has 0 N–H and O–H groups in total. The van der Waals surface area contributed by atoms with E-state index in [1.807, 2.05) is 6.08 Å². The topological polar surface area (TPSA) is 0 Å². The Morgan fingerprint density at radius 1 is 0.750 bits per heavy atom. The Balaban J connectivity index is 2.62. The molecule has 0 aliphatic carbocycles. The fourth-order valence-electron chi connectivity index (χ4n) is 2.26. The number of fused-ring (bicyclic) bond motifs is 3. The van der Waals surface area contributed by atoms with Crippen LogP contribution in [-0.2, 0) is 0 Å². The lowest BCUT2D eigenvalue weighted by atomic mass is 9.98. The van der Waals surface area contributed by atoms with Crippen LogP contribution in [0.3, 0.4) is 0 Å². The van der Waals surface area contributed by atoms with Gasteiger partial charge in [-0.15, -0.1) is 0 Å². The maximum absolute atomic E-state index is 3.89. The Labute approximate surface area is 94.8 Å². The van der Waals surface area contributed by atoms with E-state index in [0.717, 1.165) is 0 Å². The molecule has 0 saturated carbocycles. The second-order valence-corrected chi connectivity index (χ2v) is 3.94. The average Bonchev–Trinajstić information content (AvgIpc) is 2.37. The molecular weight excluding hydrogens is 192 g/mol. The molecule has 0 bridgehead atoms. The van der Waals surface area contributed by atoms with Crippen molar-refractivity contribution in [2.45, 2.75) is 0 Å². The van der Waals surface area contributed by atoms with Gasteiger partial charge in [-0.2, -0.15) is 0 Å². The summed E-state index contributed by atoms with van der Waals surface area (Å²) < 4.78 is 0. The molecular formula is C16H12. The number of hydrogen-bond acceptors (Lipinski definition) is 0. The van der Waals surface area contributed by atoms with E-state index < -0.39 is 0 Å². The summed E-state index contributed by atoms with van der Waals surface area (Å²) >= 11 is 0. The van der Waals surface area contributed by atoms with Gasteiger partial charge in [-0.3, -0.25) is 0 Å². The molecule has 0 spiro atoms. The van der Waals surface area contributed by atoms with Crippen molar-refractivity contribution in [3.05, 3.63) is 66.7 Å². The summed E-state index contributed by atoms with van der Waals surface area (Å²) in [6, 6.07) is 19.2. The monoisotopic (exact) mass is 204 g/mol. The molecule has 3 rings (SSSR count). The SMILES string of the molecule is C=Cc1cccc2ccc3ccccc3c12. The summed E-state index contributed by atoms with van der Waals surface area (Å²) in [4.78, 5) is 0. The molecule has 0 amide bonds. The third kappa shape index (κ3) is 1.24. The van der Waals surface area contributed by atoms with E-state index in [2.05, 4.69) is 61.2 Å². The molecule has 0 saturated heterocycles. The lowest BCUT2D eigenvalue weighted by Gasteiger charge is -2.06. The summed E-state index contributed by atoms with van der Waals surface area (Å²) in [7, 11) is 0. The van der Waals surface area contributed by atoms with Gasteiger partial charge in [0.2, 0.25) is 0 Å². The minimum Gasteiger partial charge on any atom is -0.0984 e. The zero-order valence-corrected chi connectivity index (χ0v) is 8.98. The Hall–Kier alpha value is -2.08. The van der Waals surface area contributed by atoms with E-state index in [9.17, 15) is 0 Å². The van der Waals surface area contributed by atoms with Gasteiger partial charge in [0.15, 0.2) is 0 Å². The van der Waals surface area contributed by atoms with Crippen LogP contribution >= 0.6 is 0 Å². The van der Waals surface area contributed by atoms with Gasteiger partial charge in [0.1, 0.15) is 0 Å². The Kier molecular flexibility index (Phi) is 2.00. The van der Waals surface area contributed by atoms with Crippen molar-refractivity contribution in [2.24, 2.45) is 0 Å². The third-order valence-corrected chi connectivity index (χ3v) is 3.02. The highest BCUT2D eigenvalue weighted by Crippen LogP contribution is 2.28. The van der Waals surface area contributed by atoms with Crippen LogP contribution in [0, 0.1) is 0 Å². The molecule has 0 atom stereocenters. The van der Waals surface area contributed by atoms with E-state index in [0.29, 0.717) is 0 Å². The zero-order chi connectivity index (χ0) is 11.0. The molecule has 0 fully saturated rings. The number of hydrogen-bond donors (Lipinski definition) is 0. The predicted octanol–water partition coefficient (Wildman–Crippen LogP) is 4.64. The van der Waals surface area contributed by atoms with Crippen LogP contribution in [0.1, 0.15) is 5.56 Å². The van der Waals surface area contributed by atoms with Crippen molar-refractivity contribution in [1.82, 2.24) is 0 Å². The molecule has 3 aromatic carbocycles. The van der Waals surface area contributed by atoms with Crippen LogP contribution in [0.4, 0.5) is 0 Å². The van der Waals surface area contributed by atoms with Crippen molar-refractivity contribution in [1.29, 1.82) is 0 Å². The van der Waals surface area contributed by atoms with Crippen molar-refractivity contribution >= 4 is 27.6 Å². The third-order valence-electron chi connectivity index (χ3n) is 3.02. The largest absolute Gasteiger partial charge is 0.0984 e. The Morgan fingerprint density at radius 3 is 2.38 bits per heavy atom. The van der Waals surface area contributed by atoms with Gasteiger partial charge in [0, 0.05) is 0 Å². The Bertz CT molecular complexity index is 678. The predicted molar refractivity (Wildman–Crippen MR) is 71.5 cm³/mol. The highest BCUT2D eigenvalue weighted by molar-refractivity contribution is 6.10. The lowest BCUT2D eigenvalue weighted by molar-refractivity contribution is 1.74. The van der Waals surface area contributed by atoms with Crippen LogP contribution < -0.4 is 0 Å². The molecule has 0 heteroatoms. The normalized spacial score (nSPS) is 10.8. The summed E-state index contributed by atoms with van der Waals surface area (Å²) in [6.45, 7) is 3.89. The fraction of sp³-hybridized carbons (Fsp3) is 0. The first-order chi connectivity index (χ1) is 7.90. The van der Waals surface area contributed by atoms with Crippen molar-refractivity contribution in [2.75, 3.05) is 0 Å². The molecule has 0 nitrogen and oxygen atoms in total. The molecule has 0 aliphatic rings. The number of rotatable bonds is 1. The molecule has 0 aromatic heterocycles. The fourth-order valence-corrected chi connectivity index (χ4v) is 2.26. The van der Waals surface area contributed by atoms with E-state index in [1.54, 1.807) is 0 Å². The van der Waals surface area contributed by atoms with E-state index in [1.165, 1.54) is 27.1 Å². The molecule has 16 heavy (non-hydrogen) atoms. The van der Waals surface area contributed by atoms with Gasteiger partial charge >= 0.3 is 0 Å². The minimum atomic E-state index is 1.20. The molecule has 0 radical (unpaired) electrons. The van der Waals surface area contributed by atoms with Crippen LogP contribution in [0.15, 0.2) is 61.2 Å². The molecule has 0 heterocycles. The zero-order valence-electron chi connectivity index (χ0n) is 8.98. The summed E-state index contributed by atoms with van der Waals surface area (Å²) in [5, 5.41) is 5.16. The van der Waals surface area contributed by atoms with Gasteiger partial charge in [0.25, 0.3) is 0 Å². The quantitative estimate of drug-likeness (QED) is 0.507. The van der Waals surface area contributed by atoms with Crippen molar-refractivity contribution in [3.63, 3.8) is 0 Å². The molecule has 0 aliphatic heterocycles. The van der Waals surface area contributed by atoms with E-state index in [4.69, 9.17) is 0 Å². The molecule has 76 valence electrons. The smallest absolute Gasteiger partial charge is 0.00331 e. The summed E-state index contributed by atoms with van der Waals surface area (Å²) in [5.41, 5.74) is 1.20. The minimum absolute atomic E-state index is 1.20. The van der Waals surface area contributed by atoms with Crippen LogP contribution in [-0.4, -0.2) is 0 Å². The van der Waals surface area contributed by atoms with E-state index >= 15 is 0 Å². The van der Waals surface area contributed by atoms with Gasteiger partial charge in [-0.1, -0.05) is 67.3 Å². The van der Waals surface area contributed by atoms with Gasteiger partial charge in [-0.25, -0.2) is 0 Å². The highest BCUT2D eigenvalue weighted by atomic mass is 14.1. The summed E-state index contributed by atoms with van der Waals surface area (Å²) in [5.74, 6) is 0. The highest BCUT2D eigenvalue weighted by Gasteiger charge is 2.02. The standard InChI is InChI=1S/C16H12/c1-2-12-7-5-8-14-11-10-13-6-3-4-9-15(13)16(12)14/h2-11H,1H2. The lowest BCUT2D eigenvalue weighted by Crippen LogP contribution is -1.81. The summed E-state index contributed by atoms with van der Waals surface area (Å²) in [6.07, 6.45) is 1.93. The first kappa shape index (κ1) is 9.17. The first-order valence-corrected chi connectivity index (χ1v) is 5.43. The maximum Gasteiger partial charge on any atom is -0.00331 e. The average molecular weight is 204 g/mol. The van der Waals surface area contributed by atoms with Gasteiger partial charge in [0.05, 0.1) is 0 Å². The molecule has 3 aromatic rings. The van der Waals surface area contributed by atoms with Crippen LogP contribution in [0.25, 0.3) is 27.6 Å². The van der Waals surface area contributed by atoms with Crippen LogP contribution in [0.2, 0.25) is 0 Å². The number of benzene rings is 3. The maximum atomic E-state index is 3.89. The van der Waals surface area contributed by atoms with E-state index in [-0.39, 0.29) is 0 Å². The second-order valence-electron chi connectivity index (χ2n) is 3.94. The molecule has 0 unspecified atom stereocenters. The van der Waals surface area contributed by atoms with Crippen molar-refractivity contribution in [3.8, 4) is 0 Å². The van der Waals surface area contributed by atoms with Gasteiger partial charge < -0.3 is 0 Å². The van der Waals surface area contributed by atoms with Gasteiger partial charge in [-0.05, 0) is 27.1 Å². The Morgan fingerprint density at radius 2 is 1.50 bits per heavy atom. The second kappa shape index (κ2) is 3.49. The first-order valence-electron chi connectivity index (χ1n) is 5.43.